The first-order chi connectivity index (χ1) is 8.79. The van der Waals surface area contributed by atoms with Gasteiger partial charge in [-0.05, 0) is 42.8 Å². The van der Waals surface area contributed by atoms with Crippen LogP contribution in [0.15, 0.2) is 36.5 Å². The predicted molar refractivity (Wildman–Crippen MR) is 70.6 cm³/mol. The highest BCUT2D eigenvalue weighted by Gasteiger charge is 2.01. The Labute approximate surface area is 107 Å². The highest BCUT2D eigenvalue weighted by Crippen LogP contribution is 2.20. The van der Waals surface area contributed by atoms with Gasteiger partial charge in [0, 0.05) is 19.7 Å². The molecule has 1 heterocycles. The molecule has 1 unspecified atom stereocenters. The van der Waals surface area contributed by atoms with Crippen molar-refractivity contribution < 1.29 is 9.47 Å². The highest BCUT2D eigenvalue weighted by atomic mass is 16.5. The van der Waals surface area contributed by atoms with Crippen molar-refractivity contribution in [1.29, 1.82) is 0 Å². The first kappa shape index (κ1) is 12.6. The summed E-state index contributed by atoms with van der Waals surface area (Å²) < 4.78 is 10.8. The molecule has 96 valence electrons. The molecule has 0 aliphatic carbocycles. The summed E-state index contributed by atoms with van der Waals surface area (Å²) >= 11 is 0. The second-order valence-electron chi connectivity index (χ2n) is 4.18. The minimum absolute atomic E-state index is 0.231. The van der Waals surface area contributed by atoms with E-state index in [4.69, 9.17) is 9.47 Å². The van der Waals surface area contributed by atoms with Gasteiger partial charge in [0.05, 0.1) is 18.4 Å². The van der Waals surface area contributed by atoms with E-state index >= 15 is 0 Å². The van der Waals surface area contributed by atoms with E-state index in [1.54, 1.807) is 13.3 Å². The van der Waals surface area contributed by atoms with Gasteiger partial charge < -0.3 is 9.47 Å². The van der Waals surface area contributed by atoms with E-state index in [9.17, 15) is 0 Å². The SMILES string of the molecule is COC(C)CCOc1ccc(-c2ccn[nH]2)cc1. The smallest absolute Gasteiger partial charge is 0.119 e. The van der Waals surface area contributed by atoms with Gasteiger partial charge in [0.1, 0.15) is 5.75 Å². The summed E-state index contributed by atoms with van der Waals surface area (Å²) in [6.45, 7) is 2.70. The Morgan fingerprint density at radius 1 is 1.22 bits per heavy atom. The summed E-state index contributed by atoms with van der Waals surface area (Å²) in [5.41, 5.74) is 2.11. The van der Waals surface area contributed by atoms with Crippen molar-refractivity contribution in [2.24, 2.45) is 0 Å². The molecule has 0 aliphatic heterocycles. The average molecular weight is 246 g/mol. The lowest BCUT2D eigenvalue weighted by Gasteiger charge is -2.10. The summed E-state index contributed by atoms with van der Waals surface area (Å²) in [7, 11) is 1.71. The van der Waals surface area contributed by atoms with Gasteiger partial charge in [-0.3, -0.25) is 5.10 Å². The van der Waals surface area contributed by atoms with Crippen LogP contribution in [-0.2, 0) is 4.74 Å². The zero-order valence-corrected chi connectivity index (χ0v) is 10.7. The molecule has 0 radical (unpaired) electrons. The molecule has 0 aliphatic rings. The Balaban J connectivity index is 1.88. The van der Waals surface area contributed by atoms with Gasteiger partial charge in [-0.2, -0.15) is 5.10 Å². The zero-order chi connectivity index (χ0) is 12.8. The molecule has 1 aromatic heterocycles. The van der Waals surface area contributed by atoms with E-state index in [2.05, 4.69) is 10.2 Å². The first-order valence-electron chi connectivity index (χ1n) is 6.05. The largest absolute Gasteiger partial charge is 0.493 e. The van der Waals surface area contributed by atoms with Crippen molar-refractivity contribution in [3.8, 4) is 17.0 Å². The zero-order valence-electron chi connectivity index (χ0n) is 10.7. The number of ether oxygens (including phenoxy) is 2. The Bertz CT molecular complexity index is 451. The van der Waals surface area contributed by atoms with Crippen LogP contribution in [-0.4, -0.2) is 30.0 Å². The van der Waals surface area contributed by atoms with E-state index in [1.807, 2.05) is 37.3 Å². The molecule has 0 saturated heterocycles. The summed E-state index contributed by atoms with van der Waals surface area (Å²) in [4.78, 5) is 0. The lowest BCUT2D eigenvalue weighted by atomic mass is 10.1. The Kier molecular flexibility index (Phi) is 4.36. The second kappa shape index (κ2) is 6.21. The lowest BCUT2D eigenvalue weighted by molar-refractivity contribution is 0.0956. The van der Waals surface area contributed by atoms with Gasteiger partial charge in [0.2, 0.25) is 0 Å². The molecule has 0 spiro atoms. The number of aromatic amines is 1. The molecule has 0 fully saturated rings. The number of nitrogens with one attached hydrogen (secondary N) is 1. The molecule has 2 aromatic rings. The number of methoxy groups -OCH3 is 1. The van der Waals surface area contributed by atoms with Crippen LogP contribution in [0.3, 0.4) is 0 Å². The Morgan fingerprint density at radius 2 is 2.00 bits per heavy atom. The van der Waals surface area contributed by atoms with E-state index in [0.717, 1.165) is 23.4 Å². The lowest BCUT2D eigenvalue weighted by Crippen LogP contribution is -2.10. The van der Waals surface area contributed by atoms with E-state index in [-0.39, 0.29) is 6.10 Å². The van der Waals surface area contributed by atoms with E-state index < -0.39 is 0 Å². The third kappa shape index (κ3) is 3.34. The molecule has 1 aromatic carbocycles. The fourth-order valence-corrected chi connectivity index (χ4v) is 1.61. The molecule has 0 bridgehead atoms. The van der Waals surface area contributed by atoms with Gasteiger partial charge in [-0.15, -0.1) is 0 Å². The summed E-state index contributed by atoms with van der Waals surface area (Å²) in [6, 6.07) is 9.91. The van der Waals surface area contributed by atoms with E-state index in [0.29, 0.717) is 6.61 Å². The van der Waals surface area contributed by atoms with Gasteiger partial charge in [-0.1, -0.05) is 0 Å². The van der Waals surface area contributed by atoms with Crippen molar-refractivity contribution in [3.63, 3.8) is 0 Å². The molecule has 4 nitrogen and oxygen atoms in total. The molecular formula is C14H18N2O2. The Hall–Kier alpha value is -1.81. The van der Waals surface area contributed by atoms with Crippen LogP contribution >= 0.6 is 0 Å². The monoisotopic (exact) mass is 246 g/mol. The first-order valence-corrected chi connectivity index (χ1v) is 6.05. The van der Waals surface area contributed by atoms with Crippen molar-refractivity contribution in [3.05, 3.63) is 36.5 Å². The van der Waals surface area contributed by atoms with Gasteiger partial charge in [-0.25, -0.2) is 0 Å². The standard InChI is InChI=1S/C14H18N2O2/c1-11(17-2)8-10-18-13-5-3-12(4-6-13)14-7-9-15-16-14/h3-7,9,11H,8,10H2,1-2H3,(H,15,16). The van der Waals surface area contributed by atoms with Crippen molar-refractivity contribution in [2.75, 3.05) is 13.7 Å². The quantitative estimate of drug-likeness (QED) is 0.852. The van der Waals surface area contributed by atoms with Crippen LogP contribution in [0.1, 0.15) is 13.3 Å². The molecular weight excluding hydrogens is 228 g/mol. The van der Waals surface area contributed by atoms with Gasteiger partial charge in [0.25, 0.3) is 0 Å². The molecule has 1 atom stereocenters. The van der Waals surface area contributed by atoms with Crippen LogP contribution in [0, 0.1) is 0 Å². The molecule has 0 saturated carbocycles. The minimum Gasteiger partial charge on any atom is -0.493 e. The molecule has 0 amide bonds. The highest BCUT2D eigenvalue weighted by molar-refractivity contribution is 5.59. The molecule has 4 heteroatoms. The Morgan fingerprint density at radius 3 is 2.61 bits per heavy atom. The number of hydrogen-bond acceptors (Lipinski definition) is 3. The normalized spacial score (nSPS) is 12.3. The number of rotatable bonds is 6. The molecule has 18 heavy (non-hydrogen) atoms. The maximum atomic E-state index is 5.65. The maximum absolute atomic E-state index is 5.65. The van der Waals surface area contributed by atoms with Crippen LogP contribution in [0.2, 0.25) is 0 Å². The third-order valence-electron chi connectivity index (χ3n) is 2.86. The maximum Gasteiger partial charge on any atom is 0.119 e. The number of aromatic nitrogens is 2. The van der Waals surface area contributed by atoms with Crippen LogP contribution in [0.5, 0.6) is 5.75 Å². The fraction of sp³-hybridized carbons (Fsp3) is 0.357. The van der Waals surface area contributed by atoms with Crippen molar-refractivity contribution in [1.82, 2.24) is 10.2 Å². The number of H-pyrrole nitrogens is 1. The number of hydrogen-bond donors (Lipinski definition) is 1. The van der Waals surface area contributed by atoms with E-state index in [1.165, 1.54) is 0 Å². The number of benzene rings is 1. The van der Waals surface area contributed by atoms with Crippen LogP contribution < -0.4 is 4.74 Å². The van der Waals surface area contributed by atoms with Gasteiger partial charge >= 0.3 is 0 Å². The topological polar surface area (TPSA) is 47.1 Å². The molecule has 1 N–H and O–H groups in total. The fourth-order valence-electron chi connectivity index (χ4n) is 1.61. The predicted octanol–water partition coefficient (Wildman–Crippen LogP) is 2.88. The van der Waals surface area contributed by atoms with Crippen molar-refractivity contribution in [2.45, 2.75) is 19.4 Å². The summed E-state index contributed by atoms with van der Waals surface area (Å²) in [5.74, 6) is 0.876. The third-order valence-corrected chi connectivity index (χ3v) is 2.86. The summed E-state index contributed by atoms with van der Waals surface area (Å²) in [5, 5.41) is 6.86. The van der Waals surface area contributed by atoms with Gasteiger partial charge in [0.15, 0.2) is 0 Å². The average Bonchev–Trinajstić information content (AvgIpc) is 2.93. The van der Waals surface area contributed by atoms with Crippen molar-refractivity contribution >= 4 is 0 Å². The van der Waals surface area contributed by atoms with Crippen LogP contribution in [0.4, 0.5) is 0 Å². The number of nitrogens with zero attached hydrogens (tertiary/aromatic N) is 1. The molecule has 2 rings (SSSR count). The second-order valence-corrected chi connectivity index (χ2v) is 4.18. The summed E-state index contributed by atoms with van der Waals surface area (Å²) in [6.07, 6.45) is 2.86. The minimum atomic E-state index is 0.231. The van der Waals surface area contributed by atoms with Crippen LogP contribution in [0.25, 0.3) is 11.3 Å².